The zero-order valence-corrected chi connectivity index (χ0v) is 14.4. The van der Waals surface area contributed by atoms with Crippen LogP contribution in [0.2, 0.25) is 0 Å². The van der Waals surface area contributed by atoms with Crippen molar-refractivity contribution in [2.24, 2.45) is 0 Å². The van der Waals surface area contributed by atoms with Gasteiger partial charge in [0, 0.05) is 10.5 Å². The molecular weight excluding hydrogens is 302 g/mol. The van der Waals surface area contributed by atoms with Gasteiger partial charge in [-0.3, -0.25) is 0 Å². The lowest BCUT2D eigenvalue weighted by atomic mass is 10.0. The van der Waals surface area contributed by atoms with Gasteiger partial charge >= 0.3 is 0 Å². The summed E-state index contributed by atoms with van der Waals surface area (Å²) in [4.78, 5) is 2.65. The van der Waals surface area contributed by atoms with Crippen LogP contribution in [0.3, 0.4) is 0 Å². The van der Waals surface area contributed by atoms with Crippen molar-refractivity contribution in [3.05, 3.63) is 71.8 Å². The molecule has 3 aromatic carbocycles. The van der Waals surface area contributed by atoms with E-state index in [0.717, 1.165) is 24.0 Å². The molecule has 2 nitrogen and oxygen atoms in total. The van der Waals surface area contributed by atoms with Crippen LogP contribution >= 0.6 is 11.8 Å². The minimum atomic E-state index is 0.390. The number of fused-ring (bicyclic) bond motifs is 1. The number of quaternary nitrogens is 1. The Morgan fingerprint density at radius 2 is 1.65 bits per heavy atom. The van der Waals surface area contributed by atoms with Crippen LogP contribution in [0.1, 0.15) is 11.1 Å². The van der Waals surface area contributed by atoms with E-state index in [-0.39, 0.29) is 0 Å². The number of thioether (sulfide) groups is 1. The molecule has 0 amide bonds. The fraction of sp³-hybridized carbons (Fsp3) is 0.200. The number of nitrogens with one attached hydrogen (secondary N) is 1. The van der Waals surface area contributed by atoms with E-state index in [9.17, 15) is 5.11 Å². The molecule has 2 N–H and O–H groups in total. The second kappa shape index (κ2) is 7.07. The van der Waals surface area contributed by atoms with Crippen LogP contribution in [-0.4, -0.2) is 18.4 Å². The highest BCUT2D eigenvalue weighted by Crippen LogP contribution is 2.26. The normalized spacial score (nSPS) is 12.4. The molecule has 0 spiro atoms. The zero-order valence-electron chi connectivity index (χ0n) is 13.5. The molecular formula is C20H22NOS+. The van der Waals surface area contributed by atoms with Crippen molar-refractivity contribution in [1.82, 2.24) is 0 Å². The maximum atomic E-state index is 10.3. The fourth-order valence-corrected chi connectivity index (χ4v) is 3.37. The van der Waals surface area contributed by atoms with E-state index in [2.05, 4.69) is 49.7 Å². The molecule has 0 aliphatic heterocycles. The lowest BCUT2D eigenvalue weighted by molar-refractivity contribution is -0.907. The molecule has 23 heavy (non-hydrogen) atoms. The predicted molar refractivity (Wildman–Crippen MR) is 98.1 cm³/mol. The second-order valence-electron chi connectivity index (χ2n) is 5.94. The van der Waals surface area contributed by atoms with Gasteiger partial charge in [0.15, 0.2) is 0 Å². The Morgan fingerprint density at radius 3 is 2.39 bits per heavy atom. The Kier molecular flexibility index (Phi) is 4.89. The summed E-state index contributed by atoms with van der Waals surface area (Å²) in [6.45, 7) is 1.74. The number of aromatic hydroxyl groups is 1. The SMILES string of the molecule is CSc1ccc(C[NH+](C)Cc2c(O)ccc3ccccc23)cc1. The highest BCUT2D eigenvalue weighted by atomic mass is 32.2. The summed E-state index contributed by atoms with van der Waals surface area (Å²) in [5, 5.41) is 12.6. The first-order valence-corrected chi connectivity index (χ1v) is 9.03. The van der Waals surface area contributed by atoms with Crippen LogP contribution in [-0.2, 0) is 13.1 Å². The number of rotatable bonds is 5. The Balaban J connectivity index is 1.79. The molecule has 0 saturated heterocycles. The predicted octanol–water partition coefficient (Wildman–Crippen LogP) is 3.48. The van der Waals surface area contributed by atoms with Gasteiger partial charge in [-0.15, -0.1) is 11.8 Å². The van der Waals surface area contributed by atoms with Crippen LogP contribution in [0.25, 0.3) is 10.8 Å². The molecule has 118 valence electrons. The number of phenols is 1. The van der Waals surface area contributed by atoms with E-state index in [1.165, 1.54) is 20.7 Å². The van der Waals surface area contributed by atoms with Gasteiger partial charge in [0.2, 0.25) is 0 Å². The van der Waals surface area contributed by atoms with Gasteiger partial charge in [-0.2, -0.15) is 0 Å². The molecule has 0 aromatic heterocycles. The molecule has 3 heteroatoms. The molecule has 3 rings (SSSR count). The van der Waals surface area contributed by atoms with E-state index < -0.39 is 0 Å². The fourth-order valence-electron chi connectivity index (χ4n) is 2.97. The number of phenolic OH excluding ortho intramolecular Hbond substituents is 1. The third-order valence-electron chi connectivity index (χ3n) is 4.16. The molecule has 0 bridgehead atoms. The summed E-state index contributed by atoms with van der Waals surface area (Å²) in [7, 11) is 2.17. The minimum absolute atomic E-state index is 0.390. The lowest BCUT2D eigenvalue weighted by Crippen LogP contribution is -3.06. The van der Waals surface area contributed by atoms with Crippen molar-refractivity contribution >= 4 is 22.5 Å². The summed E-state index contributed by atoms with van der Waals surface area (Å²) in [5.74, 6) is 0.390. The standard InChI is InChI=1S/C20H21NOS/c1-21(13-15-7-10-17(23-2)11-8-15)14-19-18-6-4-3-5-16(18)9-12-20(19)22/h3-12,22H,13-14H2,1-2H3/p+1. The van der Waals surface area contributed by atoms with Crippen LogP contribution in [0, 0.1) is 0 Å². The Labute approximate surface area is 141 Å². The van der Waals surface area contributed by atoms with E-state index in [1.54, 1.807) is 17.8 Å². The van der Waals surface area contributed by atoms with Gasteiger partial charge in [-0.25, -0.2) is 0 Å². The van der Waals surface area contributed by atoms with E-state index >= 15 is 0 Å². The first-order chi connectivity index (χ1) is 11.2. The van der Waals surface area contributed by atoms with Crippen molar-refractivity contribution < 1.29 is 10.0 Å². The molecule has 3 aromatic rings. The second-order valence-corrected chi connectivity index (χ2v) is 6.82. The summed E-state index contributed by atoms with van der Waals surface area (Å²) in [6.07, 6.45) is 2.09. The smallest absolute Gasteiger partial charge is 0.125 e. The summed E-state index contributed by atoms with van der Waals surface area (Å²) in [5.41, 5.74) is 2.35. The van der Waals surface area contributed by atoms with Gasteiger partial charge in [0.05, 0.1) is 12.6 Å². The highest BCUT2D eigenvalue weighted by Gasteiger charge is 2.12. The van der Waals surface area contributed by atoms with Crippen molar-refractivity contribution in [2.75, 3.05) is 13.3 Å². The maximum absolute atomic E-state index is 10.3. The number of benzene rings is 3. The molecule has 0 aliphatic carbocycles. The van der Waals surface area contributed by atoms with Crippen LogP contribution in [0.15, 0.2) is 65.6 Å². The average Bonchev–Trinajstić information content (AvgIpc) is 2.58. The van der Waals surface area contributed by atoms with E-state index in [0.29, 0.717) is 5.75 Å². The minimum Gasteiger partial charge on any atom is -0.507 e. The molecule has 0 saturated carbocycles. The molecule has 0 heterocycles. The monoisotopic (exact) mass is 324 g/mol. The van der Waals surface area contributed by atoms with Crippen molar-refractivity contribution in [3.8, 4) is 5.75 Å². The van der Waals surface area contributed by atoms with E-state index in [1.807, 2.05) is 18.2 Å². The lowest BCUT2D eigenvalue weighted by Gasteiger charge is -2.16. The molecule has 0 fully saturated rings. The quantitative estimate of drug-likeness (QED) is 0.702. The van der Waals surface area contributed by atoms with Gasteiger partial charge in [0.1, 0.15) is 18.8 Å². The zero-order chi connectivity index (χ0) is 16.2. The molecule has 0 radical (unpaired) electrons. The van der Waals surface area contributed by atoms with E-state index in [4.69, 9.17) is 0 Å². The number of hydrogen-bond donors (Lipinski definition) is 2. The maximum Gasteiger partial charge on any atom is 0.125 e. The summed E-state index contributed by atoms with van der Waals surface area (Å²) in [6, 6.07) is 20.7. The first-order valence-electron chi connectivity index (χ1n) is 7.81. The van der Waals surface area contributed by atoms with Crippen LogP contribution < -0.4 is 4.90 Å². The van der Waals surface area contributed by atoms with Crippen LogP contribution in [0.4, 0.5) is 0 Å². The van der Waals surface area contributed by atoms with Gasteiger partial charge < -0.3 is 10.0 Å². The Hall–Kier alpha value is -1.97. The largest absolute Gasteiger partial charge is 0.507 e. The molecule has 0 aliphatic rings. The highest BCUT2D eigenvalue weighted by molar-refractivity contribution is 7.98. The van der Waals surface area contributed by atoms with Crippen molar-refractivity contribution in [3.63, 3.8) is 0 Å². The summed E-state index contributed by atoms with van der Waals surface area (Å²) < 4.78 is 0. The molecule has 1 atom stereocenters. The average molecular weight is 324 g/mol. The third kappa shape index (κ3) is 3.69. The third-order valence-corrected chi connectivity index (χ3v) is 4.90. The van der Waals surface area contributed by atoms with Crippen molar-refractivity contribution in [2.45, 2.75) is 18.0 Å². The number of hydrogen-bond acceptors (Lipinski definition) is 2. The van der Waals surface area contributed by atoms with Crippen molar-refractivity contribution in [1.29, 1.82) is 0 Å². The Bertz CT molecular complexity index is 798. The van der Waals surface area contributed by atoms with Gasteiger partial charge in [0.25, 0.3) is 0 Å². The Morgan fingerprint density at radius 1 is 0.913 bits per heavy atom. The topological polar surface area (TPSA) is 24.7 Å². The van der Waals surface area contributed by atoms with Crippen LogP contribution in [0.5, 0.6) is 5.75 Å². The van der Waals surface area contributed by atoms with Gasteiger partial charge in [-0.05, 0) is 35.2 Å². The summed E-state index contributed by atoms with van der Waals surface area (Å²) >= 11 is 1.76. The molecule has 1 unspecified atom stereocenters. The van der Waals surface area contributed by atoms with Gasteiger partial charge in [-0.1, -0.05) is 42.5 Å². The first kappa shape index (κ1) is 15.9.